The van der Waals surface area contributed by atoms with E-state index in [-0.39, 0.29) is 59.2 Å². The van der Waals surface area contributed by atoms with Crippen LogP contribution in [0.3, 0.4) is 0 Å². The Labute approximate surface area is 286 Å². The van der Waals surface area contributed by atoms with Gasteiger partial charge in [-0.15, -0.1) is 0 Å². The van der Waals surface area contributed by atoms with E-state index in [1.807, 2.05) is 9.80 Å². The molecule has 1 amide bonds. The second kappa shape index (κ2) is 13.7. The standard InChI is InChI=1S/C30H39F3N12O4S/c31-30(32,33)26(47)43-6-5-16-1-3-23(7-17(16)11-43)50(48,49)42-24-4-2-22(10-25(24)46)38-27-39-28(44-12-18(34)8-19(35)13-44)41-29(40-27)45-14-20(36)9-21(37)15-45/h1-4,7,10,18-21,42,46H,5-6,8-9,11-15,34-37H2,(H,38,39,40,41)/t18-,19+,20-,21+. The summed E-state index contributed by atoms with van der Waals surface area (Å²) >= 11 is 0. The molecular formula is C30H39F3N12O4S. The molecule has 3 aromatic rings. The molecular weight excluding hydrogens is 681 g/mol. The van der Waals surface area contributed by atoms with E-state index in [9.17, 15) is 31.5 Å². The highest BCUT2D eigenvalue weighted by Crippen LogP contribution is 2.32. The number of amides is 1. The van der Waals surface area contributed by atoms with Gasteiger partial charge in [-0.25, -0.2) is 8.42 Å². The van der Waals surface area contributed by atoms with Crippen LogP contribution in [0, 0.1) is 0 Å². The number of hydrogen-bond acceptors (Lipinski definition) is 14. The number of phenolic OH excluding ortho intramolecular Hbond substituents is 1. The molecule has 0 spiro atoms. The maximum Gasteiger partial charge on any atom is 0.471 e. The molecule has 0 aliphatic carbocycles. The topological polar surface area (TPSA) is 248 Å². The predicted octanol–water partition coefficient (Wildman–Crippen LogP) is 0.298. The number of nitrogens with two attached hydrogens (primary N) is 4. The Balaban J connectivity index is 1.22. The number of piperidine rings is 2. The van der Waals surface area contributed by atoms with Gasteiger partial charge >= 0.3 is 12.1 Å². The molecule has 0 saturated carbocycles. The van der Waals surface area contributed by atoms with Crippen molar-refractivity contribution in [3.63, 3.8) is 0 Å². The first-order chi connectivity index (χ1) is 23.5. The molecule has 3 aliphatic heterocycles. The average molecular weight is 721 g/mol. The van der Waals surface area contributed by atoms with Crippen molar-refractivity contribution < 1.29 is 31.5 Å². The number of nitrogens with zero attached hydrogens (tertiary/aromatic N) is 6. The molecule has 11 N–H and O–H groups in total. The number of aromatic hydroxyl groups is 1. The minimum Gasteiger partial charge on any atom is -0.506 e. The number of rotatable bonds is 7. The summed E-state index contributed by atoms with van der Waals surface area (Å²) in [6, 6.07) is 7.39. The number of nitrogens with one attached hydrogen (secondary N) is 2. The lowest BCUT2D eigenvalue weighted by atomic mass is 10.00. The van der Waals surface area contributed by atoms with Gasteiger partial charge in [0, 0.05) is 75.2 Å². The third kappa shape index (κ3) is 7.94. The van der Waals surface area contributed by atoms with Gasteiger partial charge in [0.2, 0.25) is 17.8 Å². The highest BCUT2D eigenvalue weighted by atomic mass is 32.2. The summed E-state index contributed by atoms with van der Waals surface area (Å²) in [6.07, 6.45) is -3.60. The van der Waals surface area contributed by atoms with Gasteiger partial charge in [0.05, 0.1) is 10.6 Å². The normalized spacial score (nSPS) is 23.0. The Bertz CT molecular complexity index is 1800. The number of phenols is 1. The fraction of sp³-hybridized carbons (Fsp3) is 0.467. The molecule has 4 heterocycles. The molecule has 50 heavy (non-hydrogen) atoms. The summed E-state index contributed by atoms with van der Waals surface area (Å²) in [4.78, 5) is 29.7. The van der Waals surface area contributed by atoms with Crippen molar-refractivity contribution in [2.45, 2.75) is 61.0 Å². The summed E-state index contributed by atoms with van der Waals surface area (Å²) in [5, 5.41) is 13.9. The van der Waals surface area contributed by atoms with E-state index in [0.717, 1.165) is 0 Å². The number of carbonyl (C=O) groups is 1. The first-order valence-corrected chi connectivity index (χ1v) is 17.4. The fourth-order valence-electron chi connectivity index (χ4n) is 6.46. The highest BCUT2D eigenvalue weighted by molar-refractivity contribution is 7.92. The lowest BCUT2D eigenvalue weighted by molar-refractivity contribution is -0.186. The lowest BCUT2D eigenvalue weighted by Gasteiger charge is -2.37. The minimum atomic E-state index is -5.04. The lowest BCUT2D eigenvalue weighted by Crippen LogP contribution is -2.54. The zero-order valence-corrected chi connectivity index (χ0v) is 27.7. The number of anilines is 5. The van der Waals surface area contributed by atoms with Crippen molar-refractivity contribution >= 4 is 45.2 Å². The summed E-state index contributed by atoms with van der Waals surface area (Å²) in [6.45, 7) is 1.35. The number of halogens is 3. The van der Waals surface area contributed by atoms with Gasteiger partial charge in [-0.1, -0.05) is 6.07 Å². The number of hydrogen-bond donors (Lipinski definition) is 7. The van der Waals surface area contributed by atoms with E-state index in [4.69, 9.17) is 22.9 Å². The third-order valence-corrected chi connectivity index (χ3v) is 10.1. The van der Waals surface area contributed by atoms with Crippen molar-refractivity contribution in [2.75, 3.05) is 52.6 Å². The highest BCUT2D eigenvalue weighted by Gasteiger charge is 2.43. The number of alkyl halides is 3. The van der Waals surface area contributed by atoms with Crippen LogP contribution in [0.25, 0.3) is 0 Å². The van der Waals surface area contributed by atoms with Crippen LogP contribution in [0.5, 0.6) is 5.75 Å². The monoisotopic (exact) mass is 720 g/mol. The predicted molar refractivity (Wildman–Crippen MR) is 179 cm³/mol. The molecule has 1 aromatic heterocycles. The van der Waals surface area contributed by atoms with Gasteiger partial charge in [0.1, 0.15) is 5.75 Å². The number of fused-ring (bicyclic) bond motifs is 1. The maximum absolute atomic E-state index is 13.3. The maximum atomic E-state index is 13.3. The smallest absolute Gasteiger partial charge is 0.471 e. The Hall–Kier alpha value is -4.50. The molecule has 2 saturated heterocycles. The first-order valence-electron chi connectivity index (χ1n) is 15.9. The average Bonchev–Trinajstić information content (AvgIpc) is 3.03. The Morgan fingerprint density at radius 1 is 0.840 bits per heavy atom. The van der Waals surface area contributed by atoms with Gasteiger partial charge in [-0.3, -0.25) is 9.52 Å². The van der Waals surface area contributed by atoms with E-state index in [1.54, 1.807) is 0 Å². The van der Waals surface area contributed by atoms with Crippen molar-refractivity contribution in [1.29, 1.82) is 0 Å². The van der Waals surface area contributed by atoms with E-state index in [2.05, 4.69) is 25.0 Å². The Morgan fingerprint density at radius 2 is 1.42 bits per heavy atom. The van der Waals surface area contributed by atoms with Crippen LogP contribution in [0.4, 0.5) is 42.4 Å². The molecule has 2 fully saturated rings. The third-order valence-electron chi connectivity index (χ3n) is 8.74. The molecule has 0 bridgehead atoms. The molecule has 3 aliphatic rings. The molecule has 0 radical (unpaired) electrons. The van der Waals surface area contributed by atoms with Crippen LogP contribution in [0.15, 0.2) is 41.3 Å². The molecule has 20 heteroatoms. The van der Waals surface area contributed by atoms with E-state index >= 15 is 0 Å². The van der Waals surface area contributed by atoms with Crippen molar-refractivity contribution in [3.8, 4) is 5.75 Å². The number of benzene rings is 2. The van der Waals surface area contributed by atoms with Crippen LogP contribution in [-0.2, 0) is 27.8 Å². The zero-order valence-electron chi connectivity index (χ0n) is 26.8. The molecule has 16 nitrogen and oxygen atoms in total. The van der Waals surface area contributed by atoms with Crippen molar-refractivity contribution in [3.05, 3.63) is 47.5 Å². The van der Waals surface area contributed by atoms with Gasteiger partial charge in [0.25, 0.3) is 10.0 Å². The van der Waals surface area contributed by atoms with Crippen LogP contribution in [0.1, 0.15) is 24.0 Å². The zero-order chi connectivity index (χ0) is 36.0. The molecule has 4 atom stereocenters. The number of sulfonamides is 1. The van der Waals surface area contributed by atoms with Gasteiger partial charge in [-0.05, 0) is 54.7 Å². The largest absolute Gasteiger partial charge is 0.506 e. The van der Waals surface area contributed by atoms with E-state index in [1.165, 1.54) is 36.4 Å². The summed E-state index contributed by atoms with van der Waals surface area (Å²) < 4.78 is 67.9. The van der Waals surface area contributed by atoms with E-state index in [0.29, 0.717) is 67.1 Å². The molecule has 6 rings (SSSR count). The second-order valence-electron chi connectivity index (χ2n) is 12.9. The molecule has 2 aromatic carbocycles. The van der Waals surface area contributed by atoms with Crippen LogP contribution >= 0.6 is 0 Å². The summed E-state index contributed by atoms with van der Waals surface area (Å²) in [5.41, 5.74) is 26.0. The van der Waals surface area contributed by atoms with Crippen LogP contribution in [0.2, 0.25) is 0 Å². The number of aromatic nitrogens is 3. The Kier molecular flexibility index (Phi) is 9.66. The van der Waals surface area contributed by atoms with Gasteiger partial charge < -0.3 is 48.1 Å². The summed E-state index contributed by atoms with van der Waals surface area (Å²) in [7, 11) is -4.30. The quantitative estimate of drug-likeness (QED) is 0.162. The molecule has 0 unspecified atom stereocenters. The van der Waals surface area contributed by atoms with Crippen molar-refractivity contribution in [1.82, 2.24) is 19.9 Å². The van der Waals surface area contributed by atoms with Crippen LogP contribution < -0.4 is 42.8 Å². The first kappa shape index (κ1) is 35.3. The van der Waals surface area contributed by atoms with E-state index < -0.39 is 34.4 Å². The summed E-state index contributed by atoms with van der Waals surface area (Å²) in [5.74, 6) is -1.63. The van der Waals surface area contributed by atoms with Crippen LogP contribution in [-0.4, -0.2) is 102 Å². The Morgan fingerprint density at radius 3 is 1.96 bits per heavy atom. The minimum absolute atomic E-state index is 0.130. The van der Waals surface area contributed by atoms with Gasteiger partial charge in [0.15, 0.2) is 0 Å². The second-order valence-corrected chi connectivity index (χ2v) is 14.6. The molecule has 270 valence electrons. The van der Waals surface area contributed by atoms with Crippen molar-refractivity contribution in [2.24, 2.45) is 22.9 Å². The number of carbonyl (C=O) groups excluding carboxylic acids is 1. The fourth-order valence-corrected chi connectivity index (χ4v) is 7.58. The SMILES string of the molecule is N[C@@H]1C[C@H](N)CN(c2nc(Nc3ccc(NS(=O)(=O)c4ccc5c(c4)CN(C(=O)C(F)(F)F)CC5)c(O)c3)nc(N3C[C@H](N)C[C@H](N)C3)n2)C1. The van der Waals surface area contributed by atoms with Gasteiger partial charge in [-0.2, -0.15) is 28.1 Å².